The summed E-state index contributed by atoms with van der Waals surface area (Å²) in [5.74, 6) is -0.610. The van der Waals surface area contributed by atoms with Crippen LogP contribution in [0.3, 0.4) is 0 Å². The predicted molar refractivity (Wildman–Crippen MR) is 65.3 cm³/mol. The number of hydrogen-bond acceptors (Lipinski definition) is 1. The molecule has 1 aromatic carbocycles. The molecule has 1 saturated heterocycles. The summed E-state index contributed by atoms with van der Waals surface area (Å²) in [5.41, 5.74) is 0.485. The van der Waals surface area contributed by atoms with E-state index in [9.17, 15) is 9.18 Å². The average Bonchev–Trinajstić information content (AvgIpc) is 2.29. The molecule has 0 bridgehead atoms. The summed E-state index contributed by atoms with van der Waals surface area (Å²) in [4.78, 5) is 13.9. The molecule has 2 nitrogen and oxygen atoms in total. The van der Waals surface area contributed by atoms with Crippen molar-refractivity contribution < 1.29 is 9.18 Å². The number of rotatable bonds is 1. The zero-order chi connectivity index (χ0) is 12.5. The first-order valence-electron chi connectivity index (χ1n) is 6.03. The zero-order valence-corrected chi connectivity index (χ0v) is 10.4. The third kappa shape index (κ3) is 2.65. The Morgan fingerprint density at radius 3 is 2.41 bits per heavy atom. The van der Waals surface area contributed by atoms with Gasteiger partial charge in [0.1, 0.15) is 5.82 Å². The van der Waals surface area contributed by atoms with Gasteiger partial charge in [-0.2, -0.15) is 0 Å². The monoisotopic (exact) mass is 235 g/mol. The first-order chi connectivity index (χ1) is 7.99. The number of piperidine rings is 1. The minimum Gasteiger partial charge on any atom is -0.339 e. The number of halogens is 1. The van der Waals surface area contributed by atoms with Gasteiger partial charge in [0.2, 0.25) is 0 Å². The minimum atomic E-state index is -0.428. The Balaban J connectivity index is 2.10. The van der Waals surface area contributed by atoms with Gasteiger partial charge < -0.3 is 4.90 Å². The Labute approximate surface area is 101 Å². The van der Waals surface area contributed by atoms with Crippen molar-refractivity contribution >= 4 is 5.91 Å². The quantitative estimate of drug-likeness (QED) is 0.732. The van der Waals surface area contributed by atoms with Gasteiger partial charge in [-0.3, -0.25) is 4.79 Å². The maximum atomic E-state index is 13.5. The first-order valence-corrected chi connectivity index (χ1v) is 6.03. The molecular formula is C14H18FNO. The summed E-state index contributed by atoms with van der Waals surface area (Å²) < 4.78 is 13.5. The van der Waals surface area contributed by atoms with E-state index in [4.69, 9.17) is 0 Å². The lowest BCUT2D eigenvalue weighted by Gasteiger charge is -2.36. The van der Waals surface area contributed by atoms with Gasteiger partial charge in [-0.05, 0) is 30.4 Å². The van der Waals surface area contributed by atoms with Crippen LogP contribution in [0.15, 0.2) is 24.3 Å². The number of carbonyl (C=O) groups excluding carboxylic acids is 1. The Morgan fingerprint density at radius 1 is 1.24 bits per heavy atom. The molecule has 1 amide bonds. The maximum Gasteiger partial charge on any atom is 0.256 e. The van der Waals surface area contributed by atoms with Gasteiger partial charge in [0, 0.05) is 13.1 Å². The highest BCUT2D eigenvalue weighted by Crippen LogP contribution is 2.30. The molecule has 0 atom stereocenters. The highest BCUT2D eigenvalue weighted by atomic mass is 19.1. The zero-order valence-electron chi connectivity index (χ0n) is 10.4. The Morgan fingerprint density at radius 2 is 1.82 bits per heavy atom. The van der Waals surface area contributed by atoms with Crippen LogP contribution in [0.2, 0.25) is 0 Å². The van der Waals surface area contributed by atoms with Crippen LogP contribution in [0.4, 0.5) is 4.39 Å². The van der Waals surface area contributed by atoms with Crippen LogP contribution in [0.5, 0.6) is 0 Å². The molecule has 17 heavy (non-hydrogen) atoms. The SMILES string of the molecule is CC1(C)CCN(C(=O)c2ccccc2F)CC1. The summed E-state index contributed by atoms with van der Waals surface area (Å²) in [6.45, 7) is 5.86. The molecule has 2 rings (SSSR count). The second kappa shape index (κ2) is 4.47. The molecule has 1 fully saturated rings. The molecule has 0 radical (unpaired) electrons. The van der Waals surface area contributed by atoms with Gasteiger partial charge in [-0.25, -0.2) is 4.39 Å². The lowest BCUT2D eigenvalue weighted by molar-refractivity contribution is 0.0626. The van der Waals surface area contributed by atoms with Crippen LogP contribution in [-0.4, -0.2) is 23.9 Å². The van der Waals surface area contributed by atoms with E-state index < -0.39 is 5.82 Å². The molecule has 0 unspecified atom stereocenters. The van der Waals surface area contributed by atoms with Gasteiger partial charge >= 0.3 is 0 Å². The molecule has 92 valence electrons. The molecule has 1 heterocycles. The Kier molecular flexibility index (Phi) is 3.18. The molecule has 3 heteroatoms. The van der Waals surface area contributed by atoms with E-state index in [2.05, 4.69) is 13.8 Å². The molecule has 0 aromatic heterocycles. The van der Waals surface area contributed by atoms with E-state index in [1.807, 2.05) is 0 Å². The van der Waals surface area contributed by atoms with Crippen LogP contribution in [0, 0.1) is 11.2 Å². The Bertz CT molecular complexity index is 418. The van der Waals surface area contributed by atoms with E-state index >= 15 is 0 Å². The number of nitrogens with zero attached hydrogens (tertiary/aromatic N) is 1. The van der Waals surface area contributed by atoms with Gasteiger partial charge in [0.25, 0.3) is 5.91 Å². The van der Waals surface area contributed by atoms with Crippen molar-refractivity contribution in [2.45, 2.75) is 26.7 Å². The van der Waals surface area contributed by atoms with E-state index in [1.165, 1.54) is 6.07 Å². The predicted octanol–water partition coefficient (Wildman–Crippen LogP) is 3.09. The number of likely N-dealkylation sites (tertiary alicyclic amines) is 1. The summed E-state index contributed by atoms with van der Waals surface area (Å²) in [7, 11) is 0. The van der Waals surface area contributed by atoms with E-state index in [1.54, 1.807) is 23.1 Å². The van der Waals surface area contributed by atoms with Crippen molar-refractivity contribution in [3.8, 4) is 0 Å². The highest BCUT2D eigenvalue weighted by molar-refractivity contribution is 5.94. The van der Waals surface area contributed by atoms with Crippen molar-refractivity contribution in [1.82, 2.24) is 4.90 Å². The fraction of sp³-hybridized carbons (Fsp3) is 0.500. The summed E-state index contributed by atoms with van der Waals surface area (Å²) in [6.07, 6.45) is 1.96. The van der Waals surface area contributed by atoms with Crippen LogP contribution in [-0.2, 0) is 0 Å². The van der Waals surface area contributed by atoms with Crippen LogP contribution >= 0.6 is 0 Å². The molecular weight excluding hydrogens is 217 g/mol. The Hall–Kier alpha value is -1.38. The third-order valence-electron chi connectivity index (χ3n) is 3.51. The lowest BCUT2D eigenvalue weighted by Crippen LogP contribution is -2.41. The molecule has 1 aliphatic heterocycles. The summed E-state index contributed by atoms with van der Waals surface area (Å²) >= 11 is 0. The average molecular weight is 235 g/mol. The lowest BCUT2D eigenvalue weighted by atomic mass is 9.82. The van der Waals surface area contributed by atoms with Crippen LogP contribution < -0.4 is 0 Å². The topological polar surface area (TPSA) is 20.3 Å². The molecule has 0 saturated carbocycles. The van der Waals surface area contributed by atoms with E-state index in [0.29, 0.717) is 5.41 Å². The van der Waals surface area contributed by atoms with E-state index in [0.717, 1.165) is 25.9 Å². The van der Waals surface area contributed by atoms with Gasteiger partial charge in [-0.1, -0.05) is 26.0 Å². The van der Waals surface area contributed by atoms with Crippen molar-refractivity contribution in [2.75, 3.05) is 13.1 Å². The normalized spacial score (nSPS) is 19.1. The van der Waals surface area contributed by atoms with Crippen molar-refractivity contribution in [1.29, 1.82) is 0 Å². The second-order valence-corrected chi connectivity index (χ2v) is 5.44. The van der Waals surface area contributed by atoms with Gasteiger partial charge in [0.15, 0.2) is 0 Å². The fourth-order valence-electron chi connectivity index (χ4n) is 2.12. The molecule has 1 aromatic rings. The fourth-order valence-corrected chi connectivity index (χ4v) is 2.12. The number of benzene rings is 1. The largest absolute Gasteiger partial charge is 0.339 e. The van der Waals surface area contributed by atoms with Crippen LogP contribution in [0.25, 0.3) is 0 Å². The number of amides is 1. The smallest absolute Gasteiger partial charge is 0.256 e. The number of hydrogen-bond donors (Lipinski definition) is 0. The molecule has 1 aliphatic rings. The molecule has 0 aliphatic carbocycles. The minimum absolute atomic E-state index is 0.182. The highest BCUT2D eigenvalue weighted by Gasteiger charge is 2.29. The molecule has 0 N–H and O–H groups in total. The van der Waals surface area contributed by atoms with Crippen molar-refractivity contribution in [2.24, 2.45) is 5.41 Å². The van der Waals surface area contributed by atoms with Crippen molar-refractivity contribution in [3.63, 3.8) is 0 Å². The van der Waals surface area contributed by atoms with E-state index in [-0.39, 0.29) is 11.5 Å². The maximum absolute atomic E-state index is 13.5. The number of carbonyl (C=O) groups is 1. The van der Waals surface area contributed by atoms with Crippen molar-refractivity contribution in [3.05, 3.63) is 35.6 Å². The summed E-state index contributed by atoms with van der Waals surface area (Å²) in [5, 5.41) is 0. The first kappa shape index (κ1) is 12.1. The molecule has 0 spiro atoms. The van der Waals surface area contributed by atoms with Gasteiger partial charge in [0.05, 0.1) is 5.56 Å². The second-order valence-electron chi connectivity index (χ2n) is 5.44. The standard InChI is InChI=1S/C14H18FNO/c1-14(2)7-9-16(10-8-14)13(17)11-5-3-4-6-12(11)15/h3-6H,7-10H2,1-2H3. The van der Waals surface area contributed by atoms with Gasteiger partial charge in [-0.15, -0.1) is 0 Å². The summed E-state index contributed by atoms with van der Waals surface area (Å²) in [6, 6.07) is 6.19. The third-order valence-corrected chi connectivity index (χ3v) is 3.51. The van der Waals surface area contributed by atoms with Crippen LogP contribution in [0.1, 0.15) is 37.0 Å².